The predicted octanol–water partition coefficient (Wildman–Crippen LogP) is 4.64. The number of nitrogens with zero attached hydrogens (tertiary/aromatic N) is 2. The van der Waals surface area contributed by atoms with Gasteiger partial charge >= 0.3 is 0 Å². The zero-order valence-corrected chi connectivity index (χ0v) is 20.7. The summed E-state index contributed by atoms with van der Waals surface area (Å²) in [5.74, 6) is 0.655. The number of aryl methyl sites for hydroxylation is 1. The highest BCUT2D eigenvalue weighted by Crippen LogP contribution is 2.44. The molecule has 186 valence electrons. The molecule has 0 aromatic heterocycles. The van der Waals surface area contributed by atoms with Crippen molar-refractivity contribution in [2.75, 3.05) is 29.9 Å². The van der Waals surface area contributed by atoms with Gasteiger partial charge in [-0.3, -0.25) is 9.59 Å². The van der Waals surface area contributed by atoms with Crippen molar-refractivity contribution in [1.29, 1.82) is 0 Å². The lowest BCUT2D eigenvalue weighted by Crippen LogP contribution is -2.50. The van der Waals surface area contributed by atoms with E-state index in [1.165, 1.54) is 12.1 Å². The Hall–Kier alpha value is -2.08. The van der Waals surface area contributed by atoms with Crippen molar-refractivity contribution in [2.45, 2.75) is 96.1 Å². The van der Waals surface area contributed by atoms with Crippen molar-refractivity contribution >= 4 is 23.2 Å². The van der Waals surface area contributed by atoms with E-state index in [1.54, 1.807) is 0 Å². The fraction of sp³-hybridized carbons (Fsp3) is 0.714. The summed E-state index contributed by atoms with van der Waals surface area (Å²) >= 11 is 0. The topological polar surface area (TPSA) is 72.9 Å². The number of aliphatic hydroxyl groups is 1. The molecule has 4 aliphatic rings. The van der Waals surface area contributed by atoms with E-state index in [1.807, 2.05) is 6.07 Å². The van der Waals surface area contributed by atoms with Gasteiger partial charge in [0.1, 0.15) is 0 Å². The fourth-order valence-corrected chi connectivity index (χ4v) is 6.98. The fourth-order valence-electron chi connectivity index (χ4n) is 6.98. The maximum absolute atomic E-state index is 13.6. The van der Waals surface area contributed by atoms with Gasteiger partial charge < -0.3 is 20.2 Å². The van der Waals surface area contributed by atoms with Gasteiger partial charge in [-0.2, -0.15) is 0 Å². The first-order valence-electron chi connectivity index (χ1n) is 13.6. The third-order valence-electron chi connectivity index (χ3n) is 9.01. The summed E-state index contributed by atoms with van der Waals surface area (Å²) in [5, 5.41) is 13.0. The van der Waals surface area contributed by atoms with Gasteiger partial charge in [0.05, 0.1) is 11.5 Å². The number of piperidine rings is 1. The normalized spacial score (nSPS) is 30.7. The van der Waals surface area contributed by atoms with Crippen LogP contribution in [0.25, 0.3) is 0 Å². The Morgan fingerprint density at radius 1 is 1.00 bits per heavy atom. The summed E-state index contributed by atoms with van der Waals surface area (Å²) in [7, 11) is 0. The lowest BCUT2D eigenvalue weighted by atomic mass is 9.78. The molecule has 5 rings (SSSR count). The highest BCUT2D eigenvalue weighted by molar-refractivity contribution is 5.93. The van der Waals surface area contributed by atoms with Crippen molar-refractivity contribution in [2.24, 2.45) is 11.3 Å². The number of benzene rings is 1. The zero-order chi connectivity index (χ0) is 23.7. The minimum atomic E-state index is -0.269. The highest BCUT2D eigenvalue weighted by Gasteiger charge is 2.50. The molecule has 0 unspecified atom stereocenters. The van der Waals surface area contributed by atoms with Crippen LogP contribution in [-0.2, 0) is 9.59 Å². The van der Waals surface area contributed by atoms with Crippen LogP contribution < -0.4 is 10.2 Å². The molecule has 0 bridgehead atoms. The van der Waals surface area contributed by atoms with Crippen LogP contribution in [0.2, 0.25) is 0 Å². The molecule has 4 fully saturated rings. The number of anilines is 2. The van der Waals surface area contributed by atoms with E-state index < -0.39 is 0 Å². The molecule has 6 nitrogen and oxygen atoms in total. The van der Waals surface area contributed by atoms with Gasteiger partial charge in [-0.05, 0) is 88.5 Å². The van der Waals surface area contributed by atoms with Crippen molar-refractivity contribution < 1.29 is 14.7 Å². The summed E-state index contributed by atoms with van der Waals surface area (Å²) in [5.41, 5.74) is 2.95. The monoisotopic (exact) mass is 467 g/mol. The second-order valence-corrected chi connectivity index (χ2v) is 11.3. The Bertz CT molecular complexity index is 904. The standard InChI is InChI=1S/C28H41N3O3/c1-20-18-22(29-26(33)21-6-3-2-4-7-21)8-13-25(20)30-16-5-14-28(19-30)15-17-31(27(28)34)23-9-11-24(32)12-10-23/h8,13,18,21,23-24,32H,2-7,9-12,14-17,19H2,1H3,(H,29,33)/t23?,24?,28-/m1/s1. The number of hydrogen-bond donors (Lipinski definition) is 2. The van der Waals surface area contributed by atoms with Crippen LogP contribution in [-0.4, -0.2) is 53.6 Å². The maximum atomic E-state index is 13.6. The summed E-state index contributed by atoms with van der Waals surface area (Å²) in [6.07, 6.45) is 11.8. The van der Waals surface area contributed by atoms with Crippen LogP contribution in [0.15, 0.2) is 18.2 Å². The number of aliphatic hydroxyl groups excluding tert-OH is 1. The van der Waals surface area contributed by atoms with Gasteiger partial charge in [-0.25, -0.2) is 0 Å². The summed E-state index contributed by atoms with van der Waals surface area (Å²) in [6, 6.07) is 6.55. The Morgan fingerprint density at radius 2 is 1.76 bits per heavy atom. The Morgan fingerprint density at radius 3 is 2.50 bits per heavy atom. The molecule has 2 saturated carbocycles. The molecule has 2 aliphatic heterocycles. The molecule has 2 heterocycles. The number of amides is 2. The molecule has 2 amide bonds. The lowest BCUT2D eigenvalue weighted by Gasteiger charge is -2.42. The van der Waals surface area contributed by atoms with Crippen molar-refractivity contribution in [3.63, 3.8) is 0 Å². The van der Waals surface area contributed by atoms with Gasteiger partial charge in [0, 0.05) is 43.0 Å². The summed E-state index contributed by atoms with van der Waals surface area (Å²) < 4.78 is 0. The molecule has 1 aromatic rings. The number of carbonyl (C=O) groups is 2. The molecule has 2 N–H and O–H groups in total. The zero-order valence-electron chi connectivity index (χ0n) is 20.7. The summed E-state index contributed by atoms with van der Waals surface area (Å²) in [6.45, 7) is 4.73. The van der Waals surface area contributed by atoms with E-state index in [-0.39, 0.29) is 23.3 Å². The van der Waals surface area contributed by atoms with Gasteiger partial charge in [0.15, 0.2) is 0 Å². The SMILES string of the molecule is Cc1cc(NC(=O)C2CCCCC2)ccc1N1CCC[C@@]2(CCN(C3CCC(O)CC3)C2=O)C1. The molecule has 34 heavy (non-hydrogen) atoms. The second-order valence-electron chi connectivity index (χ2n) is 11.3. The molecule has 2 aliphatic carbocycles. The Labute approximate surface area is 204 Å². The lowest BCUT2D eigenvalue weighted by molar-refractivity contribution is -0.139. The van der Waals surface area contributed by atoms with E-state index >= 15 is 0 Å². The third kappa shape index (κ3) is 4.71. The molecular formula is C28H41N3O3. The largest absolute Gasteiger partial charge is 0.393 e. The molecule has 0 radical (unpaired) electrons. The highest BCUT2D eigenvalue weighted by atomic mass is 16.3. The number of carbonyl (C=O) groups excluding carboxylic acids is 2. The number of hydrogen-bond acceptors (Lipinski definition) is 4. The van der Waals surface area contributed by atoms with Gasteiger partial charge in [0.25, 0.3) is 0 Å². The van der Waals surface area contributed by atoms with E-state index in [4.69, 9.17) is 0 Å². The smallest absolute Gasteiger partial charge is 0.230 e. The van der Waals surface area contributed by atoms with Gasteiger partial charge in [-0.1, -0.05) is 19.3 Å². The van der Waals surface area contributed by atoms with Crippen LogP contribution in [0.5, 0.6) is 0 Å². The van der Waals surface area contributed by atoms with Crippen LogP contribution in [0.1, 0.15) is 82.6 Å². The average Bonchev–Trinajstić information content (AvgIpc) is 3.15. The first kappa shape index (κ1) is 23.7. The van der Waals surface area contributed by atoms with E-state index in [0.717, 1.165) is 102 Å². The average molecular weight is 468 g/mol. The molecule has 6 heteroatoms. The maximum Gasteiger partial charge on any atom is 0.230 e. The molecule has 1 spiro atoms. The van der Waals surface area contributed by atoms with Crippen molar-refractivity contribution in [3.05, 3.63) is 23.8 Å². The first-order valence-corrected chi connectivity index (χ1v) is 13.6. The van der Waals surface area contributed by atoms with Crippen LogP contribution in [0.3, 0.4) is 0 Å². The van der Waals surface area contributed by atoms with E-state index in [0.29, 0.717) is 11.9 Å². The first-order chi connectivity index (χ1) is 16.4. The third-order valence-corrected chi connectivity index (χ3v) is 9.01. The second kappa shape index (κ2) is 9.88. The minimum Gasteiger partial charge on any atom is -0.393 e. The van der Waals surface area contributed by atoms with Crippen molar-refractivity contribution in [3.8, 4) is 0 Å². The summed E-state index contributed by atoms with van der Waals surface area (Å²) in [4.78, 5) is 30.9. The number of rotatable bonds is 4. The predicted molar refractivity (Wildman–Crippen MR) is 135 cm³/mol. The van der Waals surface area contributed by atoms with Gasteiger partial charge in [-0.15, -0.1) is 0 Å². The molecule has 2 saturated heterocycles. The number of likely N-dealkylation sites (tertiary alicyclic amines) is 1. The quantitative estimate of drug-likeness (QED) is 0.677. The van der Waals surface area contributed by atoms with Crippen LogP contribution >= 0.6 is 0 Å². The van der Waals surface area contributed by atoms with Crippen molar-refractivity contribution in [1.82, 2.24) is 4.90 Å². The molecule has 1 atom stereocenters. The Kier molecular flexibility index (Phi) is 6.88. The van der Waals surface area contributed by atoms with Crippen LogP contribution in [0.4, 0.5) is 11.4 Å². The van der Waals surface area contributed by atoms with E-state index in [2.05, 4.69) is 34.2 Å². The Balaban J connectivity index is 1.24. The van der Waals surface area contributed by atoms with Gasteiger partial charge in [0.2, 0.25) is 11.8 Å². The molecular weight excluding hydrogens is 426 g/mol. The van der Waals surface area contributed by atoms with E-state index in [9.17, 15) is 14.7 Å². The minimum absolute atomic E-state index is 0.152. The molecule has 1 aromatic carbocycles. The number of nitrogens with one attached hydrogen (secondary N) is 1. The van der Waals surface area contributed by atoms with Crippen LogP contribution in [0, 0.1) is 18.3 Å².